The second-order valence-electron chi connectivity index (χ2n) is 2.76. The van der Waals surface area contributed by atoms with Crippen LogP contribution in [0, 0.1) is 0 Å². The summed E-state index contributed by atoms with van der Waals surface area (Å²) in [7, 11) is 0. The maximum Gasteiger partial charge on any atom is 0.110 e. The lowest BCUT2D eigenvalue weighted by atomic mass is 10.2. The molecule has 1 atom stereocenters. The Hall–Kier alpha value is -1.31. The molecule has 0 amide bonds. The van der Waals surface area contributed by atoms with E-state index in [-0.39, 0.29) is 6.04 Å². The van der Waals surface area contributed by atoms with Gasteiger partial charge in [0.2, 0.25) is 0 Å². The minimum absolute atomic E-state index is 0.226. The van der Waals surface area contributed by atoms with E-state index in [1.165, 1.54) is 5.57 Å². The largest absolute Gasteiger partial charge is 0.348 e. The number of fused-ring (bicyclic) bond motifs is 1. The number of nitrogens with zero attached hydrogens (tertiary/aromatic N) is 1. The van der Waals surface area contributed by atoms with Gasteiger partial charge in [-0.2, -0.15) is 0 Å². The smallest absolute Gasteiger partial charge is 0.110 e. The van der Waals surface area contributed by atoms with Crippen molar-refractivity contribution in [2.75, 3.05) is 0 Å². The van der Waals surface area contributed by atoms with Gasteiger partial charge in [0.1, 0.15) is 6.04 Å². The van der Waals surface area contributed by atoms with Gasteiger partial charge >= 0.3 is 0 Å². The van der Waals surface area contributed by atoms with Crippen molar-refractivity contribution in [2.45, 2.75) is 13.0 Å². The Bertz CT molecular complexity index is 282. The lowest BCUT2D eigenvalue weighted by molar-refractivity contribution is 0.958. The molecule has 0 aromatic carbocycles. The highest BCUT2D eigenvalue weighted by Gasteiger charge is 2.13. The first-order valence-corrected chi connectivity index (χ1v) is 3.71. The van der Waals surface area contributed by atoms with Crippen LogP contribution in [0.4, 0.5) is 0 Å². The minimum Gasteiger partial charge on any atom is -0.348 e. The molecule has 1 N–H and O–H groups in total. The van der Waals surface area contributed by atoms with Crippen molar-refractivity contribution >= 4 is 6.34 Å². The fourth-order valence-electron chi connectivity index (χ4n) is 1.18. The number of allylic oxidation sites excluding steroid dienone is 4. The minimum atomic E-state index is 0.226. The highest BCUT2D eigenvalue weighted by Crippen LogP contribution is 2.14. The molecule has 1 aliphatic heterocycles. The highest BCUT2D eigenvalue weighted by atomic mass is 15.1. The number of rotatable bonds is 0. The molecule has 2 aliphatic rings. The predicted molar refractivity (Wildman–Crippen MR) is 46.4 cm³/mol. The molecule has 0 saturated heterocycles. The molecule has 0 aromatic rings. The van der Waals surface area contributed by atoms with E-state index >= 15 is 0 Å². The van der Waals surface area contributed by atoms with Crippen LogP contribution < -0.4 is 5.32 Å². The van der Waals surface area contributed by atoms with Gasteiger partial charge in [-0.25, -0.2) is 0 Å². The van der Waals surface area contributed by atoms with Gasteiger partial charge in [0, 0.05) is 5.70 Å². The van der Waals surface area contributed by atoms with Crippen LogP contribution in [-0.4, -0.2) is 12.4 Å². The summed E-state index contributed by atoms with van der Waals surface area (Å²) in [5.74, 6) is 0. The summed E-state index contributed by atoms with van der Waals surface area (Å²) in [6.45, 7) is 2.08. The normalized spacial score (nSPS) is 26.8. The third-order valence-corrected chi connectivity index (χ3v) is 1.85. The van der Waals surface area contributed by atoms with Gasteiger partial charge in [0.05, 0.1) is 6.34 Å². The average molecular weight is 146 g/mol. The van der Waals surface area contributed by atoms with Crippen molar-refractivity contribution in [1.82, 2.24) is 5.32 Å². The number of hydrogen-bond acceptors (Lipinski definition) is 2. The summed E-state index contributed by atoms with van der Waals surface area (Å²) >= 11 is 0. The van der Waals surface area contributed by atoms with E-state index in [1.807, 2.05) is 0 Å². The van der Waals surface area contributed by atoms with Gasteiger partial charge in [-0.05, 0) is 13.0 Å². The van der Waals surface area contributed by atoms with Crippen molar-refractivity contribution in [3.63, 3.8) is 0 Å². The predicted octanol–water partition coefficient (Wildman–Crippen LogP) is 1.39. The molecule has 56 valence electrons. The van der Waals surface area contributed by atoms with E-state index in [4.69, 9.17) is 0 Å². The monoisotopic (exact) mass is 146 g/mol. The summed E-state index contributed by atoms with van der Waals surface area (Å²) in [5, 5.41) is 3.09. The van der Waals surface area contributed by atoms with Crippen LogP contribution in [0.5, 0.6) is 0 Å². The van der Waals surface area contributed by atoms with Gasteiger partial charge < -0.3 is 5.32 Å². The van der Waals surface area contributed by atoms with Gasteiger partial charge in [0.25, 0.3) is 0 Å². The Labute approximate surface area is 66.0 Å². The summed E-state index contributed by atoms with van der Waals surface area (Å²) in [6, 6.07) is 0.226. The van der Waals surface area contributed by atoms with Gasteiger partial charge in [0.15, 0.2) is 0 Å². The first-order chi connectivity index (χ1) is 5.36. The van der Waals surface area contributed by atoms with Crippen LogP contribution in [0.2, 0.25) is 0 Å². The van der Waals surface area contributed by atoms with E-state index in [0.29, 0.717) is 0 Å². The van der Waals surface area contributed by atoms with Gasteiger partial charge in [-0.3, -0.25) is 4.99 Å². The fraction of sp³-hybridized carbons (Fsp3) is 0.222. The number of hydrogen-bond donors (Lipinski definition) is 1. The molecule has 2 nitrogen and oxygen atoms in total. The molecular weight excluding hydrogens is 136 g/mol. The van der Waals surface area contributed by atoms with Gasteiger partial charge in [-0.15, -0.1) is 0 Å². The first kappa shape index (κ1) is 6.40. The standard InChI is InChI=1S/C9H10N2/c1-7-2-4-8-9(5-3-7)11-6-10-8/h2-6,8H,1H3,(H,10,11). The Morgan fingerprint density at radius 3 is 3.27 bits per heavy atom. The average Bonchev–Trinajstić information content (AvgIpc) is 2.38. The van der Waals surface area contributed by atoms with Crippen molar-refractivity contribution in [3.8, 4) is 0 Å². The second kappa shape index (κ2) is 2.38. The van der Waals surface area contributed by atoms with Crippen LogP contribution in [0.15, 0.2) is 40.6 Å². The van der Waals surface area contributed by atoms with Crippen molar-refractivity contribution in [2.24, 2.45) is 4.99 Å². The van der Waals surface area contributed by atoms with Crippen LogP contribution in [0.25, 0.3) is 0 Å². The third kappa shape index (κ3) is 1.11. The van der Waals surface area contributed by atoms with Gasteiger partial charge in [-0.1, -0.05) is 23.8 Å². The van der Waals surface area contributed by atoms with Crippen LogP contribution >= 0.6 is 0 Å². The third-order valence-electron chi connectivity index (χ3n) is 1.85. The maximum absolute atomic E-state index is 4.23. The van der Waals surface area contributed by atoms with E-state index in [9.17, 15) is 0 Å². The molecule has 11 heavy (non-hydrogen) atoms. The molecule has 2 rings (SSSR count). The number of aliphatic imine (C=N–C) groups is 1. The molecule has 0 saturated carbocycles. The van der Waals surface area contributed by atoms with E-state index in [2.05, 4.69) is 41.5 Å². The Kier molecular flexibility index (Phi) is 1.39. The summed E-state index contributed by atoms with van der Waals surface area (Å²) < 4.78 is 0. The van der Waals surface area contributed by atoms with Crippen LogP contribution in [0.1, 0.15) is 6.92 Å². The molecule has 0 fully saturated rings. The first-order valence-electron chi connectivity index (χ1n) is 3.71. The van der Waals surface area contributed by atoms with E-state index in [0.717, 1.165) is 5.70 Å². The summed E-state index contributed by atoms with van der Waals surface area (Å²) in [4.78, 5) is 4.23. The lowest BCUT2D eigenvalue weighted by Crippen LogP contribution is -2.09. The van der Waals surface area contributed by atoms with Crippen molar-refractivity contribution in [1.29, 1.82) is 0 Å². The van der Waals surface area contributed by atoms with Crippen molar-refractivity contribution in [3.05, 3.63) is 35.6 Å². The zero-order valence-electron chi connectivity index (χ0n) is 6.41. The quantitative estimate of drug-likeness (QED) is 0.548. The Morgan fingerprint density at radius 2 is 2.36 bits per heavy atom. The molecule has 1 heterocycles. The second-order valence-corrected chi connectivity index (χ2v) is 2.76. The summed E-state index contributed by atoms with van der Waals surface area (Å²) in [6.07, 6.45) is 10.1. The zero-order valence-corrected chi connectivity index (χ0v) is 6.41. The molecule has 1 aliphatic carbocycles. The Balaban J connectivity index is 2.35. The highest BCUT2D eigenvalue weighted by molar-refractivity contribution is 5.64. The van der Waals surface area contributed by atoms with E-state index < -0.39 is 0 Å². The zero-order chi connectivity index (χ0) is 7.68. The molecule has 0 aromatic heterocycles. The van der Waals surface area contributed by atoms with E-state index in [1.54, 1.807) is 6.34 Å². The molecule has 1 unspecified atom stereocenters. The van der Waals surface area contributed by atoms with Crippen LogP contribution in [0.3, 0.4) is 0 Å². The Morgan fingerprint density at radius 1 is 1.45 bits per heavy atom. The molecule has 0 radical (unpaired) electrons. The lowest BCUT2D eigenvalue weighted by Gasteiger charge is -2.00. The van der Waals surface area contributed by atoms with Crippen LogP contribution in [-0.2, 0) is 0 Å². The van der Waals surface area contributed by atoms with Crippen molar-refractivity contribution < 1.29 is 0 Å². The fourth-order valence-corrected chi connectivity index (χ4v) is 1.18. The summed E-state index contributed by atoms with van der Waals surface area (Å²) in [5.41, 5.74) is 2.43. The molecule has 0 spiro atoms. The molecule has 0 bridgehead atoms. The molecule has 2 heteroatoms. The topological polar surface area (TPSA) is 24.4 Å². The number of nitrogens with one attached hydrogen (secondary N) is 1. The SMILES string of the molecule is CC1=CC=C2NC=NC2C=C1. The molecular formula is C9H10N2. The maximum atomic E-state index is 4.23.